The maximum absolute atomic E-state index is 13.7. The van der Waals surface area contributed by atoms with E-state index in [0.29, 0.717) is 0 Å². The van der Waals surface area contributed by atoms with E-state index in [2.05, 4.69) is 37.1 Å². The monoisotopic (exact) mass is 289 g/mol. The molecule has 0 spiro atoms. The average Bonchev–Trinajstić information content (AvgIpc) is 2.40. The highest BCUT2D eigenvalue weighted by molar-refractivity contribution is 6.30. The lowest BCUT2D eigenvalue weighted by molar-refractivity contribution is 0.295. The number of likely N-dealkylation sites (N-methyl/N-ethyl adjacent to an activating group) is 1. The number of aryl methyl sites for hydroxylation is 1. The first kappa shape index (κ1) is 13.6. The van der Waals surface area contributed by atoms with Crippen molar-refractivity contribution >= 4 is 11.6 Å². The fourth-order valence-electron chi connectivity index (χ4n) is 2.99. The molecule has 1 aliphatic rings. The summed E-state index contributed by atoms with van der Waals surface area (Å²) in [7, 11) is 2.10. The summed E-state index contributed by atoms with van der Waals surface area (Å²) in [6.07, 6.45) is 0. The van der Waals surface area contributed by atoms with E-state index in [-0.39, 0.29) is 16.8 Å². The summed E-state index contributed by atoms with van der Waals surface area (Å²) >= 11 is 5.78. The van der Waals surface area contributed by atoms with E-state index < -0.39 is 0 Å². The lowest BCUT2D eigenvalue weighted by Crippen LogP contribution is -2.31. The van der Waals surface area contributed by atoms with Crippen molar-refractivity contribution in [1.82, 2.24) is 4.90 Å². The van der Waals surface area contributed by atoms with Gasteiger partial charge in [-0.2, -0.15) is 0 Å². The summed E-state index contributed by atoms with van der Waals surface area (Å²) in [5.74, 6) is -0.137. The van der Waals surface area contributed by atoms with E-state index in [9.17, 15) is 4.39 Å². The van der Waals surface area contributed by atoms with Gasteiger partial charge in [0.1, 0.15) is 5.82 Å². The molecule has 0 radical (unpaired) electrons. The normalized spacial score (nSPS) is 18.9. The molecular weight excluding hydrogens is 273 g/mol. The van der Waals surface area contributed by atoms with Gasteiger partial charge in [0.25, 0.3) is 0 Å². The molecule has 1 atom stereocenters. The number of hydrogen-bond acceptors (Lipinski definition) is 1. The topological polar surface area (TPSA) is 3.24 Å². The molecule has 20 heavy (non-hydrogen) atoms. The quantitative estimate of drug-likeness (QED) is 0.754. The lowest BCUT2D eigenvalue weighted by Gasteiger charge is -2.33. The minimum absolute atomic E-state index is 0.182. The van der Waals surface area contributed by atoms with Crippen molar-refractivity contribution in [1.29, 1.82) is 0 Å². The Morgan fingerprint density at radius 1 is 1.20 bits per heavy atom. The number of halogens is 2. The van der Waals surface area contributed by atoms with Crippen molar-refractivity contribution in [2.75, 3.05) is 13.6 Å². The zero-order valence-corrected chi connectivity index (χ0v) is 12.4. The largest absolute Gasteiger partial charge is 0.301 e. The zero-order chi connectivity index (χ0) is 14.3. The first-order valence-corrected chi connectivity index (χ1v) is 7.15. The molecule has 0 N–H and O–H groups in total. The summed E-state index contributed by atoms with van der Waals surface area (Å²) in [5, 5.41) is 0.182. The number of rotatable bonds is 1. The van der Waals surface area contributed by atoms with E-state index in [4.69, 9.17) is 11.6 Å². The maximum Gasteiger partial charge on any atom is 0.142 e. The fourth-order valence-corrected chi connectivity index (χ4v) is 3.11. The smallest absolute Gasteiger partial charge is 0.142 e. The predicted molar refractivity (Wildman–Crippen MR) is 80.8 cm³/mol. The van der Waals surface area contributed by atoms with Gasteiger partial charge < -0.3 is 4.90 Å². The van der Waals surface area contributed by atoms with Gasteiger partial charge in [-0.25, -0.2) is 4.39 Å². The van der Waals surface area contributed by atoms with E-state index in [1.54, 1.807) is 12.1 Å². The van der Waals surface area contributed by atoms with Gasteiger partial charge in [-0.3, -0.25) is 0 Å². The van der Waals surface area contributed by atoms with Gasteiger partial charge in [-0.1, -0.05) is 41.4 Å². The fraction of sp³-hybridized carbons (Fsp3) is 0.294. The van der Waals surface area contributed by atoms with Crippen molar-refractivity contribution in [3.63, 3.8) is 0 Å². The van der Waals surface area contributed by atoms with Gasteiger partial charge in [0, 0.05) is 19.0 Å². The molecule has 0 aromatic heterocycles. The van der Waals surface area contributed by atoms with Gasteiger partial charge in [-0.05, 0) is 42.8 Å². The molecule has 3 heteroatoms. The van der Waals surface area contributed by atoms with Crippen molar-refractivity contribution in [3.05, 3.63) is 69.5 Å². The standard InChI is InChI=1S/C17H17ClFN/c1-11-3-5-14-13(7-11)9-20(2)10-15(14)12-4-6-16(18)17(19)8-12/h3-8,15H,9-10H2,1-2H3. The van der Waals surface area contributed by atoms with Crippen LogP contribution in [-0.4, -0.2) is 18.5 Å². The van der Waals surface area contributed by atoms with Crippen LogP contribution in [0.5, 0.6) is 0 Å². The Hall–Kier alpha value is -1.38. The summed E-state index contributed by atoms with van der Waals surface area (Å²) in [6.45, 7) is 3.95. The van der Waals surface area contributed by atoms with Gasteiger partial charge >= 0.3 is 0 Å². The van der Waals surface area contributed by atoms with E-state index in [1.165, 1.54) is 16.7 Å². The Labute approximate surface area is 124 Å². The van der Waals surface area contributed by atoms with Crippen LogP contribution >= 0.6 is 11.6 Å². The third-order valence-corrected chi connectivity index (χ3v) is 4.26. The molecule has 0 fully saturated rings. The summed E-state index contributed by atoms with van der Waals surface area (Å²) in [6, 6.07) is 11.7. The predicted octanol–water partition coefficient (Wildman–Crippen LogP) is 4.36. The summed E-state index contributed by atoms with van der Waals surface area (Å²) in [4.78, 5) is 2.28. The highest BCUT2D eigenvalue weighted by Crippen LogP contribution is 2.34. The van der Waals surface area contributed by atoms with Crippen LogP contribution in [0.15, 0.2) is 36.4 Å². The van der Waals surface area contributed by atoms with Gasteiger partial charge in [0.2, 0.25) is 0 Å². The van der Waals surface area contributed by atoms with Crippen molar-refractivity contribution in [2.45, 2.75) is 19.4 Å². The highest BCUT2D eigenvalue weighted by atomic mass is 35.5. The second kappa shape index (κ2) is 5.19. The number of benzene rings is 2. The zero-order valence-electron chi connectivity index (χ0n) is 11.7. The third-order valence-electron chi connectivity index (χ3n) is 3.95. The molecule has 0 aliphatic carbocycles. The molecule has 0 saturated heterocycles. The SMILES string of the molecule is Cc1ccc2c(c1)CN(C)CC2c1ccc(Cl)c(F)c1. The number of hydrogen-bond donors (Lipinski definition) is 0. The van der Waals surface area contributed by atoms with Gasteiger partial charge in [0.05, 0.1) is 5.02 Å². The molecule has 2 aromatic carbocycles. The molecule has 3 rings (SSSR count). The Bertz CT molecular complexity index is 653. The van der Waals surface area contributed by atoms with Crippen molar-refractivity contribution in [3.8, 4) is 0 Å². The van der Waals surface area contributed by atoms with Crippen LogP contribution in [0, 0.1) is 12.7 Å². The third kappa shape index (κ3) is 2.46. The minimum atomic E-state index is -0.342. The molecule has 2 aromatic rings. The molecule has 1 heterocycles. The summed E-state index contributed by atoms with van der Waals surface area (Å²) in [5.41, 5.74) is 4.89. The van der Waals surface area contributed by atoms with E-state index in [0.717, 1.165) is 18.7 Å². The first-order chi connectivity index (χ1) is 9.54. The molecule has 1 aliphatic heterocycles. The number of fused-ring (bicyclic) bond motifs is 1. The van der Waals surface area contributed by atoms with Gasteiger partial charge in [0.15, 0.2) is 0 Å². The molecule has 104 valence electrons. The van der Waals surface area contributed by atoms with Crippen LogP contribution in [0.2, 0.25) is 5.02 Å². The van der Waals surface area contributed by atoms with Gasteiger partial charge in [-0.15, -0.1) is 0 Å². The molecule has 0 amide bonds. The molecule has 0 bridgehead atoms. The Morgan fingerprint density at radius 2 is 2.00 bits per heavy atom. The molecule has 1 nitrogen and oxygen atoms in total. The van der Waals surface area contributed by atoms with E-state index in [1.807, 2.05) is 6.07 Å². The van der Waals surface area contributed by atoms with Crippen LogP contribution in [-0.2, 0) is 6.54 Å². The molecule has 1 unspecified atom stereocenters. The Balaban J connectivity index is 2.08. The minimum Gasteiger partial charge on any atom is -0.301 e. The maximum atomic E-state index is 13.7. The van der Waals surface area contributed by atoms with Crippen LogP contribution in [0.25, 0.3) is 0 Å². The van der Waals surface area contributed by atoms with Crippen molar-refractivity contribution < 1.29 is 4.39 Å². The van der Waals surface area contributed by atoms with Crippen LogP contribution in [0.3, 0.4) is 0 Å². The Morgan fingerprint density at radius 3 is 2.75 bits per heavy atom. The second-order valence-electron chi connectivity index (χ2n) is 5.63. The van der Waals surface area contributed by atoms with Crippen molar-refractivity contribution in [2.24, 2.45) is 0 Å². The molecule has 0 saturated carbocycles. The van der Waals surface area contributed by atoms with E-state index >= 15 is 0 Å². The summed E-state index contributed by atoms with van der Waals surface area (Å²) < 4.78 is 13.7. The van der Waals surface area contributed by atoms with Crippen LogP contribution in [0.1, 0.15) is 28.2 Å². The second-order valence-corrected chi connectivity index (χ2v) is 6.03. The molecular formula is C17H17ClFN. The van der Waals surface area contributed by atoms with Crippen LogP contribution < -0.4 is 0 Å². The lowest BCUT2D eigenvalue weighted by atomic mass is 9.84. The van der Waals surface area contributed by atoms with Crippen LogP contribution in [0.4, 0.5) is 4.39 Å². The first-order valence-electron chi connectivity index (χ1n) is 6.77. The highest BCUT2D eigenvalue weighted by Gasteiger charge is 2.25. The average molecular weight is 290 g/mol. The Kier molecular flexibility index (Phi) is 3.53. The number of nitrogens with zero attached hydrogens (tertiary/aromatic N) is 1.